The Bertz CT molecular complexity index is 1310. The molecule has 3 aromatic rings. The highest BCUT2D eigenvalue weighted by Crippen LogP contribution is 2.27. The van der Waals surface area contributed by atoms with Gasteiger partial charge >= 0.3 is 0 Å². The van der Waals surface area contributed by atoms with Crippen molar-refractivity contribution < 1.29 is 19.3 Å². The van der Waals surface area contributed by atoms with Crippen molar-refractivity contribution in [3.05, 3.63) is 106 Å². The molecule has 0 saturated carbocycles. The summed E-state index contributed by atoms with van der Waals surface area (Å²) in [6.45, 7) is 0.171. The third-order valence-corrected chi connectivity index (χ3v) is 5.82. The molecule has 0 radical (unpaired) electrons. The minimum atomic E-state index is -1.02. The molecule has 1 unspecified atom stereocenters. The first-order chi connectivity index (χ1) is 16.9. The molecule has 4 rings (SSSR count). The zero-order chi connectivity index (χ0) is 24.9. The number of non-ortho nitro benzene ring substituents is 1. The molecule has 0 aliphatic carbocycles. The summed E-state index contributed by atoms with van der Waals surface area (Å²) in [6, 6.07) is 21.6. The van der Waals surface area contributed by atoms with Crippen molar-refractivity contribution in [2.75, 3.05) is 11.4 Å². The van der Waals surface area contributed by atoms with E-state index in [4.69, 9.17) is 5.26 Å². The minimum Gasteiger partial charge on any atom is -0.326 e. The average molecular weight is 468 g/mol. The van der Waals surface area contributed by atoms with Crippen LogP contribution in [0.1, 0.15) is 27.9 Å². The monoisotopic (exact) mass is 468 g/mol. The number of nitriles is 1. The van der Waals surface area contributed by atoms with Gasteiger partial charge in [-0.15, -0.1) is 0 Å². The Morgan fingerprint density at radius 3 is 2.29 bits per heavy atom. The van der Waals surface area contributed by atoms with E-state index in [1.165, 1.54) is 53.4 Å². The predicted molar refractivity (Wildman–Crippen MR) is 126 cm³/mol. The molecule has 1 aliphatic heterocycles. The van der Waals surface area contributed by atoms with Gasteiger partial charge in [-0.2, -0.15) is 5.26 Å². The second-order valence-corrected chi connectivity index (χ2v) is 7.98. The standard InChI is InChI=1S/C26H20N4O5/c27-17-19-6-10-21(11-7-19)29-24(31)16-23(26(29)33)28(15-14-18-4-2-1-3-5-18)25(32)20-8-12-22(13-9-20)30(34)35/h1-13,23H,14-16H2. The summed E-state index contributed by atoms with van der Waals surface area (Å²) in [4.78, 5) is 52.5. The van der Waals surface area contributed by atoms with Crippen LogP contribution in [0, 0.1) is 21.4 Å². The van der Waals surface area contributed by atoms with Crippen molar-refractivity contribution in [2.45, 2.75) is 18.9 Å². The van der Waals surface area contributed by atoms with Gasteiger partial charge in [-0.1, -0.05) is 30.3 Å². The van der Waals surface area contributed by atoms with Gasteiger partial charge in [0.05, 0.1) is 28.7 Å². The van der Waals surface area contributed by atoms with Crippen LogP contribution in [0.15, 0.2) is 78.9 Å². The van der Waals surface area contributed by atoms with Gasteiger partial charge in [0.2, 0.25) is 5.91 Å². The molecule has 1 heterocycles. The summed E-state index contributed by atoms with van der Waals surface area (Å²) in [7, 11) is 0. The van der Waals surface area contributed by atoms with Crippen molar-refractivity contribution in [3.8, 4) is 6.07 Å². The van der Waals surface area contributed by atoms with E-state index >= 15 is 0 Å². The molecule has 1 aliphatic rings. The maximum Gasteiger partial charge on any atom is 0.269 e. The first-order valence-corrected chi connectivity index (χ1v) is 10.9. The average Bonchev–Trinajstić information content (AvgIpc) is 3.18. The highest BCUT2D eigenvalue weighted by molar-refractivity contribution is 6.23. The lowest BCUT2D eigenvalue weighted by atomic mass is 10.1. The molecule has 9 nitrogen and oxygen atoms in total. The molecule has 3 aromatic carbocycles. The number of anilines is 1. The zero-order valence-electron chi connectivity index (χ0n) is 18.5. The summed E-state index contributed by atoms with van der Waals surface area (Å²) in [6.07, 6.45) is 0.265. The Balaban J connectivity index is 1.63. The Morgan fingerprint density at radius 2 is 1.69 bits per heavy atom. The highest BCUT2D eigenvalue weighted by atomic mass is 16.6. The van der Waals surface area contributed by atoms with E-state index in [0.29, 0.717) is 17.7 Å². The van der Waals surface area contributed by atoms with Gasteiger partial charge in [-0.05, 0) is 48.4 Å². The largest absolute Gasteiger partial charge is 0.326 e. The summed E-state index contributed by atoms with van der Waals surface area (Å²) in [5.74, 6) is -1.49. The number of carbonyl (C=O) groups excluding carboxylic acids is 3. The number of amides is 3. The first kappa shape index (κ1) is 23.3. The van der Waals surface area contributed by atoms with Crippen LogP contribution in [0.5, 0.6) is 0 Å². The van der Waals surface area contributed by atoms with Crippen LogP contribution in [0.25, 0.3) is 0 Å². The maximum absolute atomic E-state index is 13.5. The molecule has 9 heteroatoms. The van der Waals surface area contributed by atoms with Gasteiger partial charge in [0.15, 0.2) is 0 Å². The van der Waals surface area contributed by atoms with E-state index in [1.807, 2.05) is 36.4 Å². The quantitative estimate of drug-likeness (QED) is 0.297. The molecule has 35 heavy (non-hydrogen) atoms. The second kappa shape index (κ2) is 9.97. The van der Waals surface area contributed by atoms with E-state index in [0.717, 1.165) is 10.5 Å². The Kier molecular flexibility index (Phi) is 6.64. The molecular weight excluding hydrogens is 448 g/mol. The lowest BCUT2D eigenvalue weighted by Crippen LogP contribution is -2.46. The molecule has 0 bridgehead atoms. The second-order valence-electron chi connectivity index (χ2n) is 7.98. The molecule has 0 N–H and O–H groups in total. The van der Waals surface area contributed by atoms with Crippen molar-refractivity contribution in [2.24, 2.45) is 0 Å². The number of nitro benzene ring substituents is 1. The van der Waals surface area contributed by atoms with Crippen LogP contribution < -0.4 is 4.90 Å². The molecule has 1 atom stereocenters. The SMILES string of the molecule is N#Cc1ccc(N2C(=O)CC(N(CCc3ccccc3)C(=O)c3ccc([N+](=O)[O-])cc3)C2=O)cc1. The fourth-order valence-electron chi connectivity index (χ4n) is 4.00. The number of hydrogen-bond donors (Lipinski definition) is 0. The number of benzene rings is 3. The predicted octanol–water partition coefficient (Wildman–Crippen LogP) is 3.48. The third-order valence-electron chi connectivity index (χ3n) is 5.82. The first-order valence-electron chi connectivity index (χ1n) is 10.9. The molecule has 1 fully saturated rings. The number of nitrogens with zero attached hydrogens (tertiary/aromatic N) is 4. The van der Waals surface area contributed by atoms with Crippen molar-refractivity contribution in [1.29, 1.82) is 5.26 Å². The molecule has 0 spiro atoms. The van der Waals surface area contributed by atoms with Crippen LogP contribution in [-0.2, 0) is 16.0 Å². The van der Waals surface area contributed by atoms with Gasteiger partial charge in [0.25, 0.3) is 17.5 Å². The minimum absolute atomic E-state index is 0.156. The van der Waals surface area contributed by atoms with E-state index in [-0.39, 0.29) is 24.2 Å². The van der Waals surface area contributed by atoms with Crippen molar-refractivity contribution in [3.63, 3.8) is 0 Å². The van der Waals surface area contributed by atoms with Crippen LogP contribution >= 0.6 is 0 Å². The van der Waals surface area contributed by atoms with Crippen molar-refractivity contribution in [1.82, 2.24) is 4.90 Å². The fourth-order valence-corrected chi connectivity index (χ4v) is 4.00. The summed E-state index contributed by atoms with van der Waals surface area (Å²) in [5, 5.41) is 20.0. The molecule has 3 amide bonds. The molecule has 174 valence electrons. The van der Waals surface area contributed by atoms with Crippen LogP contribution in [0.4, 0.5) is 11.4 Å². The van der Waals surface area contributed by atoms with Gasteiger partial charge in [0, 0.05) is 24.2 Å². The number of hydrogen-bond acceptors (Lipinski definition) is 6. The van der Waals surface area contributed by atoms with E-state index in [1.54, 1.807) is 0 Å². The van der Waals surface area contributed by atoms with E-state index in [2.05, 4.69) is 0 Å². The molecule has 0 aromatic heterocycles. The van der Waals surface area contributed by atoms with E-state index in [9.17, 15) is 24.5 Å². The lowest BCUT2D eigenvalue weighted by Gasteiger charge is -2.28. The normalized spacial score (nSPS) is 15.1. The fraction of sp³-hybridized carbons (Fsp3) is 0.154. The summed E-state index contributed by atoms with van der Waals surface area (Å²) < 4.78 is 0. The summed E-state index contributed by atoms with van der Waals surface area (Å²) in [5.41, 5.74) is 1.70. The number of imide groups is 1. The Morgan fingerprint density at radius 1 is 1.03 bits per heavy atom. The van der Waals surface area contributed by atoms with E-state index < -0.39 is 28.7 Å². The topological polar surface area (TPSA) is 125 Å². The number of rotatable bonds is 7. The molecule has 1 saturated heterocycles. The third kappa shape index (κ3) is 4.91. The van der Waals surface area contributed by atoms with Gasteiger partial charge in [-0.25, -0.2) is 4.90 Å². The Labute approximate surface area is 201 Å². The van der Waals surface area contributed by atoms with Crippen molar-refractivity contribution >= 4 is 29.1 Å². The van der Waals surface area contributed by atoms with Gasteiger partial charge in [-0.3, -0.25) is 24.5 Å². The molecular formula is C26H20N4O5. The zero-order valence-corrected chi connectivity index (χ0v) is 18.5. The lowest BCUT2D eigenvalue weighted by molar-refractivity contribution is -0.384. The Hall–Kier alpha value is -4.84. The maximum atomic E-state index is 13.5. The number of carbonyl (C=O) groups is 3. The summed E-state index contributed by atoms with van der Waals surface area (Å²) >= 11 is 0. The van der Waals surface area contributed by atoms with Gasteiger partial charge < -0.3 is 4.90 Å². The number of nitro groups is 1. The van der Waals surface area contributed by atoms with Crippen LogP contribution in [0.3, 0.4) is 0 Å². The highest BCUT2D eigenvalue weighted by Gasteiger charge is 2.44. The van der Waals surface area contributed by atoms with Crippen LogP contribution in [-0.4, -0.2) is 40.1 Å². The van der Waals surface area contributed by atoms with Crippen LogP contribution in [0.2, 0.25) is 0 Å². The smallest absolute Gasteiger partial charge is 0.269 e. The van der Waals surface area contributed by atoms with Gasteiger partial charge in [0.1, 0.15) is 6.04 Å².